The summed E-state index contributed by atoms with van der Waals surface area (Å²) >= 11 is 1.55. The van der Waals surface area contributed by atoms with Crippen LogP contribution in [0.25, 0.3) is 10.4 Å². The lowest BCUT2D eigenvalue weighted by atomic mass is 10.1. The van der Waals surface area contributed by atoms with Crippen molar-refractivity contribution in [3.05, 3.63) is 70.9 Å². The molecule has 2 aromatic carbocycles. The van der Waals surface area contributed by atoms with E-state index in [0.717, 1.165) is 33.3 Å². The van der Waals surface area contributed by atoms with E-state index in [1.165, 1.54) is 6.07 Å². The SMILES string of the molecule is COc1ccc(-c2cnc(CNCc3cccc(C(F)(F)F)c3)s2)cc1. The summed E-state index contributed by atoms with van der Waals surface area (Å²) in [6.07, 6.45) is -2.52. The van der Waals surface area contributed by atoms with Gasteiger partial charge in [0.1, 0.15) is 10.8 Å². The minimum absolute atomic E-state index is 0.349. The van der Waals surface area contributed by atoms with Crippen molar-refractivity contribution in [3.63, 3.8) is 0 Å². The molecule has 0 atom stereocenters. The Hall–Kier alpha value is -2.38. The van der Waals surface area contributed by atoms with Crippen molar-refractivity contribution in [2.45, 2.75) is 19.3 Å². The quantitative estimate of drug-likeness (QED) is 0.646. The topological polar surface area (TPSA) is 34.1 Å². The smallest absolute Gasteiger partial charge is 0.416 e. The summed E-state index contributed by atoms with van der Waals surface area (Å²) in [5.41, 5.74) is 1.01. The predicted octanol–water partition coefficient (Wildman–Crippen LogP) is 5.13. The van der Waals surface area contributed by atoms with Gasteiger partial charge in [-0.2, -0.15) is 13.2 Å². The molecule has 0 radical (unpaired) electrons. The molecular weight excluding hydrogens is 361 g/mol. The maximum atomic E-state index is 12.7. The van der Waals surface area contributed by atoms with Gasteiger partial charge in [0.25, 0.3) is 0 Å². The molecule has 26 heavy (non-hydrogen) atoms. The molecule has 1 heterocycles. The number of thiazole rings is 1. The minimum atomic E-state index is -4.32. The zero-order chi connectivity index (χ0) is 18.6. The van der Waals surface area contributed by atoms with E-state index in [4.69, 9.17) is 4.74 Å². The molecule has 3 aromatic rings. The third-order valence-electron chi connectivity index (χ3n) is 3.79. The molecule has 0 aliphatic carbocycles. The first-order valence-corrected chi connectivity index (χ1v) is 8.73. The Morgan fingerprint density at radius 2 is 1.85 bits per heavy atom. The number of nitrogens with one attached hydrogen (secondary N) is 1. The van der Waals surface area contributed by atoms with Gasteiger partial charge >= 0.3 is 6.18 Å². The largest absolute Gasteiger partial charge is 0.497 e. The van der Waals surface area contributed by atoms with E-state index >= 15 is 0 Å². The summed E-state index contributed by atoms with van der Waals surface area (Å²) in [5.74, 6) is 0.793. The van der Waals surface area contributed by atoms with E-state index in [1.54, 1.807) is 30.7 Å². The molecule has 0 aliphatic rings. The number of hydrogen-bond donors (Lipinski definition) is 1. The van der Waals surface area contributed by atoms with Crippen LogP contribution in [0.2, 0.25) is 0 Å². The van der Waals surface area contributed by atoms with Crippen molar-refractivity contribution in [1.82, 2.24) is 10.3 Å². The average molecular weight is 378 g/mol. The third-order valence-corrected chi connectivity index (χ3v) is 4.83. The first-order chi connectivity index (χ1) is 12.5. The van der Waals surface area contributed by atoms with Crippen LogP contribution in [0.4, 0.5) is 13.2 Å². The second kappa shape index (κ2) is 7.88. The molecule has 0 saturated carbocycles. The van der Waals surface area contributed by atoms with Gasteiger partial charge in [-0.1, -0.05) is 18.2 Å². The molecule has 0 fully saturated rings. The highest BCUT2D eigenvalue weighted by Gasteiger charge is 2.30. The lowest BCUT2D eigenvalue weighted by Crippen LogP contribution is -2.13. The van der Waals surface area contributed by atoms with Crippen LogP contribution in [0.15, 0.2) is 54.7 Å². The average Bonchev–Trinajstić information content (AvgIpc) is 3.10. The second-order valence-corrected chi connectivity index (χ2v) is 6.76. The van der Waals surface area contributed by atoms with Gasteiger partial charge in [0.05, 0.1) is 17.6 Å². The van der Waals surface area contributed by atoms with Crippen LogP contribution in [0.3, 0.4) is 0 Å². The summed E-state index contributed by atoms with van der Waals surface area (Å²) in [6.45, 7) is 0.846. The number of alkyl halides is 3. The normalized spacial score (nSPS) is 11.5. The minimum Gasteiger partial charge on any atom is -0.497 e. The van der Waals surface area contributed by atoms with Crippen LogP contribution >= 0.6 is 11.3 Å². The van der Waals surface area contributed by atoms with Gasteiger partial charge < -0.3 is 10.1 Å². The van der Waals surface area contributed by atoms with E-state index in [-0.39, 0.29) is 0 Å². The monoisotopic (exact) mass is 378 g/mol. The Labute approximate surface area is 153 Å². The van der Waals surface area contributed by atoms with Crippen molar-refractivity contribution in [2.24, 2.45) is 0 Å². The van der Waals surface area contributed by atoms with Gasteiger partial charge in [-0.05, 0) is 41.5 Å². The molecule has 0 saturated heterocycles. The Kier molecular flexibility index (Phi) is 5.58. The Morgan fingerprint density at radius 1 is 1.08 bits per heavy atom. The number of ether oxygens (including phenoxy) is 1. The van der Waals surface area contributed by atoms with Crippen LogP contribution in [-0.2, 0) is 19.3 Å². The van der Waals surface area contributed by atoms with Gasteiger partial charge in [-0.25, -0.2) is 4.98 Å². The van der Waals surface area contributed by atoms with Crippen LogP contribution in [-0.4, -0.2) is 12.1 Å². The van der Waals surface area contributed by atoms with Crippen molar-refractivity contribution < 1.29 is 17.9 Å². The van der Waals surface area contributed by atoms with Crippen LogP contribution in [0.1, 0.15) is 16.1 Å². The van der Waals surface area contributed by atoms with Crippen molar-refractivity contribution >= 4 is 11.3 Å². The van der Waals surface area contributed by atoms with E-state index in [0.29, 0.717) is 18.7 Å². The second-order valence-electron chi connectivity index (χ2n) is 5.65. The zero-order valence-electron chi connectivity index (χ0n) is 14.0. The highest BCUT2D eigenvalue weighted by Crippen LogP contribution is 2.30. The summed E-state index contributed by atoms with van der Waals surface area (Å²) in [5, 5.41) is 4.02. The van der Waals surface area contributed by atoms with Crippen molar-refractivity contribution in [2.75, 3.05) is 7.11 Å². The standard InChI is InChI=1S/C19H17F3N2OS/c1-25-16-7-5-14(6-8-16)17-11-24-18(26-17)12-23-10-13-3-2-4-15(9-13)19(20,21)22/h2-9,11,23H,10,12H2,1H3. The molecule has 1 N–H and O–H groups in total. The van der Waals surface area contributed by atoms with Gasteiger partial charge in [0, 0.05) is 19.3 Å². The van der Waals surface area contributed by atoms with E-state index < -0.39 is 11.7 Å². The molecular formula is C19H17F3N2OS. The maximum Gasteiger partial charge on any atom is 0.416 e. The van der Waals surface area contributed by atoms with Crippen LogP contribution in [0.5, 0.6) is 5.75 Å². The lowest BCUT2D eigenvalue weighted by Gasteiger charge is -2.09. The molecule has 1 aromatic heterocycles. The predicted molar refractivity (Wildman–Crippen MR) is 96.1 cm³/mol. The fourth-order valence-electron chi connectivity index (χ4n) is 2.45. The van der Waals surface area contributed by atoms with Crippen molar-refractivity contribution in [3.8, 4) is 16.2 Å². The number of nitrogens with zero attached hydrogens (tertiary/aromatic N) is 1. The fraction of sp³-hybridized carbons (Fsp3) is 0.211. The fourth-order valence-corrected chi connectivity index (χ4v) is 3.34. The molecule has 7 heteroatoms. The van der Waals surface area contributed by atoms with Gasteiger partial charge in [0.2, 0.25) is 0 Å². The number of halogens is 3. The molecule has 0 bridgehead atoms. The van der Waals surface area contributed by atoms with Gasteiger partial charge in [-0.15, -0.1) is 11.3 Å². The Balaban J connectivity index is 1.58. The molecule has 0 unspecified atom stereocenters. The summed E-state index contributed by atoms with van der Waals surface area (Å²) in [4.78, 5) is 5.40. The van der Waals surface area contributed by atoms with Crippen LogP contribution in [0, 0.1) is 0 Å². The number of hydrogen-bond acceptors (Lipinski definition) is 4. The first kappa shape index (κ1) is 18.4. The molecule has 0 aliphatic heterocycles. The lowest BCUT2D eigenvalue weighted by molar-refractivity contribution is -0.137. The number of aromatic nitrogens is 1. The third kappa shape index (κ3) is 4.62. The van der Waals surface area contributed by atoms with E-state index in [9.17, 15) is 13.2 Å². The summed E-state index contributed by atoms with van der Waals surface area (Å²) in [6, 6.07) is 13.0. The highest BCUT2D eigenvalue weighted by atomic mass is 32.1. The maximum absolute atomic E-state index is 12.7. The highest BCUT2D eigenvalue weighted by molar-refractivity contribution is 7.15. The number of methoxy groups -OCH3 is 1. The summed E-state index contributed by atoms with van der Waals surface area (Å²) in [7, 11) is 1.62. The molecule has 0 amide bonds. The Bertz CT molecular complexity index is 860. The van der Waals surface area contributed by atoms with E-state index in [1.807, 2.05) is 24.3 Å². The van der Waals surface area contributed by atoms with Gasteiger partial charge in [0.15, 0.2) is 0 Å². The van der Waals surface area contributed by atoms with E-state index in [2.05, 4.69) is 10.3 Å². The zero-order valence-corrected chi connectivity index (χ0v) is 14.8. The number of benzene rings is 2. The molecule has 3 nitrogen and oxygen atoms in total. The summed E-state index contributed by atoms with van der Waals surface area (Å²) < 4.78 is 43.3. The Morgan fingerprint density at radius 3 is 2.54 bits per heavy atom. The van der Waals surface area contributed by atoms with Gasteiger partial charge in [-0.3, -0.25) is 0 Å². The molecule has 136 valence electrons. The van der Waals surface area contributed by atoms with Crippen molar-refractivity contribution in [1.29, 1.82) is 0 Å². The first-order valence-electron chi connectivity index (χ1n) is 7.91. The molecule has 3 rings (SSSR count). The van der Waals surface area contributed by atoms with Crippen LogP contribution < -0.4 is 10.1 Å². The number of rotatable bonds is 6. The molecule has 0 spiro atoms.